The molecule has 2 N–H and O–H groups in total. The summed E-state index contributed by atoms with van der Waals surface area (Å²) in [4.78, 5) is 14.0. The predicted molar refractivity (Wildman–Crippen MR) is 82.7 cm³/mol. The normalized spacial score (nSPS) is 15.9. The smallest absolute Gasteiger partial charge is 0.321 e. The lowest BCUT2D eigenvalue weighted by Gasteiger charge is -2.31. The van der Waals surface area contributed by atoms with Crippen molar-refractivity contribution in [3.63, 3.8) is 0 Å². The monoisotopic (exact) mass is 292 g/mol. The van der Waals surface area contributed by atoms with Crippen LogP contribution in [0.25, 0.3) is 0 Å². The standard InChI is InChI=1S/C16H24N2O3/c1-3-21-15-5-4-14(10-12(15)2)17-16(20)18-8-6-13(11-19)7-9-18/h4-5,10,13,19H,3,6-9,11H2,1-2H3,(H,17,20). The molecule has 0 saturated carbocycles. The van der Waals surface area contributed by atoms with Crippen LogP contribution < -0.4 is 10.1 Å². The molecule has 1 aliphatic heterocycles. The molecule has 1 saturated heterocycles. The molecule has 1 heterocycles. The first-order valence-electron chi connectivity index (χ1n) is 7.54. The Labute approximate surface area is 125 Å². The zero-order chi connectivity index (χ0) is 15.2. The zero-order valence-electron chi connectivity index (χ0n) is 12.8. The van der Waals surface area contributed by atoms with Crippen molar-refractivity contribution < 1.29 is 14.6 Å². The maximum absolute atomic E-state index is 12.2. The van der Waals surface area contributed by atoms with Gasteiger partial charge < -0.3 is 20.1 Å². The SMILES string of the molecule is CCOc1ccc(NC(=O)N2CCC(CO)CC2)cc1C. The Morgan fingerprint density at radius 2 is 2.14 bits per heavy atom. The maximum atomic E-state index is 12.2. The van der Waals surface area contributed by atoms with Crippen LogP contribution in [0.3, 0.4) is 0 Å². The van der Waals surface area contributed by atoms with Gasteiger partial charge in [-0.2, -0.15) is 0 Å². The van der Waals surface area contributed by atoms with Gasteiger partial charge in [-0.1, -0.05) is 0 Å². The van der Waals surface area contributed by atoms with E-state index in [1.54, 1.807) is 4.90 Å². The van der Waals surface area contributed by atoms with Crippen LogP contribution in [0.4, 0.5) is 10.5 Å². The fourth-order valence-corrected chi connectivity index (χ4v) is 2.57. The molecule has 0 aromatic heterocycles. The highest BCUT2D eigenvalue weighted by Gasteiger charge is 2.22. The van der Waals surface area contributed by atoms with E-state index in [0.29, 0.717) is 25.6 Å². The van der Waals surface area contributed by atoms with Gasteiger partial charge in [0.2, 0.25) is 0 Å². The fourth-order valence-electron chi connectivity index (χ4n) is 2.57. The number of aliphatic hydroxyl groups is 1. The molecular formula is C16H24N2O3. The minimum atomic E-state index is -0.0741. The van der Waals surface area contributed by atoms with Crippen molar-refractivity contribution in [1.82, 2.24) is 4.90 Å². The Bertz CT molecular complexity index is 482. The summed E-state index contributed by atoms with van der Waals surface area (Å²) >= 11 is 0. The second kappa shape index (κ2) is 7.31. The number of urea groups is 1. The lowest BCUT2D eigenvalue weighted by molar-refractivity contribution is 0.143. The molecule has 116 valence electrons. The van der Waals surface area contributed by atoms with E-state index < -0.39 is 0 Å². The number of nitrogens with zero attached hydrogens (tertiary/aromatic N) is 1. The molecule has 0 unspecified atom stereocenters. The third kappa shape index (κ3) is 4.11. The molecule has 0 spiro atoms. The first kappa shape index (κ1) is 15.6. The Balaban J connectivity index is 1.92. The minimum Gasteiger partial charge on any atom is -0.494 e. The van der Waals surface area contributed by atoms with Crippen LogP contribution in [0.15, 0.2) is 18.2 Å². The van der Waals surface area contributed by atoms with Crippen molar-refractivity contribution in [2.75, 3.05) is 31.6 Å². The van der Waals surface area contributed by atoms with Crippen LogP contribution in [-0.2, 0) is 0 Å². The van der Waals surface area contributed by atoms with Crippen LogP contribution in [0.1, 0.15) is 25.3 Å². The number of amides is 2. The molecule has 1 aromatic carbocycles. The number of ether oxygens (including phenoxy) is 1. The number of aliphatic hydroxyl groups excluding tert-OH is 1. The first-order chi connectivity index (χ1) is 10.1. The number of piperidine rings is 1. The van der Waals surface area contributed by atoms with E-state index in [1.807, 2.05) is 32.0 Å². The number of hydrogen-bond acceptors (Lipinski definition) is 3. The fraction of sp³-hybridized carbons (Fsp3) is 0.562. The van der Waals surface area contributed by atoms with Gasteiger partial charge >= 0.3 is 6.03 Å². The van der Waals surface area contributed by atoms with Gasteiger partial charge in [-0.25, -0.2) is 4.79 Å². The molecule has 1 fully saturated rings. The molecule has 0 bridgehead atoms. The summed E-state index contributed by atoms with van der Waals surface area (Å²) in [5, 5.41) is 12.0. The molecular weight excluding hydrogens is 268 g/mol. The molecule has 1 aromatic rings. The lowest BCUT2D eigenvalue weighted by Crippen LogP contribution is -2.41. The molecule has 0 aliphatic carbocycles. The molecule has 5 nitrogen and oxygen atoms in total. The molecule has 21 heavy (non-hydrogen) atoms. The Morgan fingerprint density at radius 1 is 1.43 bits per heavy atom. The van der Waals surface area contributed by atoms with Gasteiger partial charge in [0.1, 0.15) is 5.75 Å². The van der Waals surface area contributed by atoms with Crippen molar-refractivity contribution in [1.29, 1.82) is 0 Å². The third-order valence-electron chi connectivity index (χ3n) is 3.89. The quantitative estimate of drug-likeness (QED) is 0.896. The van der Waals surface area contributed by atoms with Gasteiger partial charge in [-0.15, -0.1) is 0 Å². The average Bonchev–Trinajstić information content (AvgIpc) is 2.50. The number of aryl methyl sites for hydroxylation is 1. The highest BCUT2D eigenvalue weighted by Crippen LogP contribution is 2.23. The van der Waals surface area contributed by atoms with Crippen molar-refractivity contribution in [2.45, 2.75) is 26.7 Å². The summed E-state index contributed by atoms with van der Waals surface area (Å²) in [5.74, 6) is 1.18. The molecule has 2 rings (SSSR count). The molecule has 2 amide bonds. The molecule has 0 atom stereocenters. The van der Waals surface area contributed by atoms with E-state index in [1.165, 1.54) is 0 Å². The number of hydrogen-bond donors (Lipinski definition) is 2. The summed E-state index contributed by atoms with van der Waals surface area (Å²) in [5.41, 5.74) is 1.79. The van der Waals surface area contributed by atoms with E-state index in [9.17, 15) is 4.79 Å². The van der Waals surface area contributed by atoms with Crippen LogP contribution >= 0.6 is 0 Å². The van der Waals surface area contributed by atoms with Crippen molar-refractivity contribution in [3.05, 3.63) is 23.8 Å². The summed E-state index contributed by atoms with van der Waals surface area (Å²) < 4.78 is 5.49. The number of rotatable bonds is 4. The van der Waals surface area contributed by atoms with E-state index in [4.69, 9.17) is 9.84 Å². The van der Waals surface area contributed by atoms with E-state index in [0.717, 1.165) is 29.8 Å². The summed E-state index contributed by atoms with van der Waals surface area (Å²) in [6.45, 7) is 6.17. The molecule has 1 aliphatic rings. The number of likely N-dealkylation sites (tertiary alicyclic amines) is 1. The van der Waals surface area contributed by atoms with Gasteiger partial charge in [0.25, 0.3) is 0 Å². The Morgan fingerprint density at radius 3 is 2.71 bits per heavy atom. The predicted octanol–water partition coefficient (Wildman–Crippen LogP) is 2.63. The Hall–Kier alpha value is -1.75. The van der Waals surface area contributed by atoms with Crippen LogP contribution in [0, 0.1) is 12.8 Å². The van der Waals surface area contributed by atoms with Crippen LogP contribution in [-0.4, -0.2) is 42.3 Å². The maximum Gasteiger partial charge on any atom is 0.321 e. The topological polar surface area (TPSA) is 61.8 Å². The van der Waals surface area contributed by atoms with Gasteiger partial charge in [0.05, 0.1) is 6.61 Å². The van der Waals surface area contributed by atoms with E-state index in [-0.39, 0.29) is 12.6 Å². The number of nitrogens with one attached hydrogen (secondary N) is 1. The third-order valence-corrected chi connectivity index (χ3v) is 3.89. The van der Waals surface area contributed by atoms with Gasteiger partial charge in [-0.3, -0.25) is 0 Å². The summed E-state index contributed by atoms with van der Waals surface area (Å²) in [7, 11) is 0. The summed E-state index contributed by atoms with van der Waals surface area (Å²) in [6, 6.07) is 5.58. The molecule has 5 heteroatoms. The highest BCUT2D eigenvalue weighted by molar-refractivity contribution is 5.89. The van der Waals surface area contributed by atoms with Crippen molar-refractivity contribution in [2.24, 2.45) is 5.92 Å². The minimum absolute atomic E-state index is 0.0741. The van der Waals surface area contributed by atoms with Gasteiger partial charge in [-0.05, 0) is 56.4 Å². The highest BCUT2D eigenvalue weighted by atomic mass is 16.5. The molecule has 0 radical (unpaired) electrons. The first-order valence-corrected chi connectivity index (χ1v) is 7.54. The largest absolute Gasteiger partial charge is 0.494 e. The van der Waals surface area contributed by atoms with Gasteiger partial charge in [0.15, 0.2) is 0 Å². The lowest BCUT2D eigenvalue weighted by atomic mass is 9.98. The second-order valence-corrected chi connectivity index (χ2v) is 5.46. The number of carbonyl (C=O) groups excluding carboxylic acids is 1. The Kier molecular flexibility index (Phi) is 5.44. The van der Waals surface area contributed by atoms with E-state index >= 15 is 0 Å². The summed E-state index contributed by atoms with van der Waals surface area (Å²) in [6.07, 6.45) is 1.73. The number of anilines is 1. The zero-order valence-corrected chi connectivity index (χ0v) is 12.8. The van der Waals surface area contributed by atoms with Crippen molar-refractivity contribution >= 4 is 11.7 Å². The van der Waals surface area contributed by atoms with E-state index in [2.05, 4.69) is 5.32 Å². The average molecular weight is 292 g/mol. The van der Waals surface area contributed by atoms with Crippen molar-refractivity contribution in [3.8, 4) is 5.75 Å². The van der Waals surface area contributed by atoms with Crippen LogP contribution in [0.5, 0.6) is 5.75 Å². The number of carbonyl (C=O) groups is 1. The van der Waals surface area contributed by atoms with Crippen LogP contribution in [0.2, 0.25) is 0 Å². The number of benzene rings is 1. The van der Waals surface area contributed by atoms with Gasteiger partial charge in [0, 0.05) is 25.4 Å². The second-order valence-electron chi connectivity index (χ2n) is 5.46.